The molecule has 1 aromatic heterocycles. The number of nitrogens with zero attached hydrogens (tertiary/aromatic N) is 1. The second-order valence-corrected chi connectivity index (χ2v) is 4.91. The minimum Gasteiger partial charge on any atom is -0.506 e. The van der Waals surface area contributed by atoms with Crippen LogP contribution in [0.4, 0.5) is 0 Å². The number of aromatic hydroxyl groups is 1. The molecule has 2 heteroatoms. The number of aromatic nitrogens is 1. The zero-order valence-electron chi connectivity index (χ0n) is 11.5. The van der Waals surface area contributed by atoms with E-state index in [-0.39, 0.29) is 5.75 Å². The molecular weight excluding hydrogens is 234 g/mol. The molecule has 2 rings (SSSR count). The molecule has 2 nitrogen and oxygen atoms in total. The summed E-state index contributed by atoms with van der Waals surface area (Å²) in [6, 6.07) is 12.1. The molecule has 0 fully saturated rings. The number of pyridine rings is 1. The lowest BCUT2D eigenvalue weighted by Crippen LogP contribution is -1.87. The van der Waals surface area contributed by atoms with Crippen molar-refractivity contribution in [1.29, 1.82) is 0 Å². The first-order valence-corrected chi connectivity index (χ1v) is 7.04. The van der Waals surface area contributed by atoms with Crippen molar-refractivity contribution in [1.82, 2.24) is 4.98 Å². The van der Waals surface area contributed by atoms with Gasteiger partial charge in [-0.05, 0) is 30.5 Å². The van der Waals surface area contributed by atoms with Crippen molar-refractivity contribution in [3.8, 4) is 17.0 Å². The Kier molecular flexibility index (Phi) is 4.96. The van der Waals surface area contributed by atoms with Gasteiger partial charge in [-0.15, -0.1) is 0 Å². The molecular formula is C17H21NO. The second kappa shape index (κ2) is 6.93. The van der Waals surface area contributed by atoms with Gasteiger partial charge < -0.3 is 5.11 Å². The van der Waals surface area contributed by atoms with Gasteiger partial charge in [-0.1, -0.05) is 50.5 Å². The molecule has 0 spiro atoms. The summed E-state index contributed by atoms with van der Waals surface area (Å²) in [5.41, 5.74) is 3.38. The molecule has 0 bridgehead atoms. The Morgan fingerprint density at radius 2 is 1.74 bits per heavy atom. The molecule has 1 N–H and O–H groups in total. The monoisotopic (exact) mass is 255 g/mol. The maximum atomic E-state index is 9.23. The van der Waals surface area contributed by atoms with Gasteiger partial charge in [0.05, 0.1) is 11.9 Å². The summed E-state index contributed by atoms with van der Waals surface area (Å²) in [5.74, 6) is 0.205. The molecule has 1 heterocycles. The summed E-state index contributed by atoms with van der Waals surface area (Å²) < 4.78 is 0. The molecule has 0 amide bonds. The first kappa shape index (κ1) is 13.6. The van der Waals surface area contributed by atoms with Gasteiger partial charge in [-0.2, -0.15) is 0 Å². The number of aryl methyl sites for hydroxylation is 1. The van der Waals surface area contributed by atoms with E-state index in [4.69, 9.17) is 0 Å². The highest BCUT2D eigenvalue weighted by atomic mass is 16.3. The van der Waals surface area contributed by atoms with Crippen LogP contribution in [0.1, 0.15) is 38.2 Å². The zero-order valence-corrected chi connectivity index (χ0v) is 11.5. The Morgan fingerprint density at radius 1 is 0.947 bits per heavy atom. The van der Waals surface area contributed by atoms with Crippen LogP contribution in [0.15, 0.2) is 42.6 Å². The summed E-state index contributed by atoms with van der Waals surface area (Å²) in [7, 11) is 0. The van der Waals surface area contributed by atoms with Gasteiger partial charge in [0.1, 0.15) is 5.75 Å². The average Bonchev–Trinajstić information content (AvgIpc) is 2.45. The predicted octanol–water partition coefficient (Wildman–Crippen LogP) is 4.58. The first-order chi connectivity index (χ1) is 9.29. The van der Waals surface area contributed by atoms with Crippen LogP contribution in [0.2, 0.25) is 0 Å². The van der Waals surface area contributed by atoms with E-state index in [1.165, 1.54) is 37.4 Å². The number of rotatable bonds is 6. The lowest BCUT2D eigenvalue weighted by atomic mass is 10.0. The molecule has 0 unspecified atom stereocenters. The van der Waals surface area contributed by atoms with Crippen LogP contribution in [-0.4, -0.2) is 10.1 Å². The fourth-order valence-electron chi connectivity index (χ4n) is 2.15. The average molecular weight is 255 g/mol. The van der Waals surface area contributed by atoms with Crippen molar-refractivity contribution in [3.05, 3.63) is 48.2 Å². The first-order valence-electron chi connectivity index (χ1n) is 7.04. The Bertz CT molecular complexity index is 488. The Hall–Kier alpha value is -1.83. The summed E-state index contributed by atoms with van der Waals surface area (Å²) in [6.07, 6.45) is 7.83. The van der Waals surface area contributed by atoms with E-state index in [0.29, 0.717) is 0 Å². The Labute approximate surface area is 115 Å². The summed E-state index contributed by atoms with van der Waals surface area (Å²) in [4.78, 5) is 4.21. The number of hydrogen-bond donors (Lipinski definition) is 1. The van der Waals surface area contributed by atoms with Gasteiger partial charge in [0.2, 0.25) is 0 Å². The minimum absolute atomic E-state index is 0.205. The standard InChI is InChI=1S/C17H21NO/c1-2-3-4-5-6-14-7-9-15(10-8-14)17-12-11-16(19)13-18-17/h7-13,19H,2-6H2,1H3. The van der Waals surface area contributed by atoms with E-state index in [0.717, 1.165) is 17.7 Å². The third-order valence-corrected chi connectivity index (χ3v) is 3.32. The van der Waals surface area contributed by atoms with Crippen molar-refractivity contribution < 1.29 is 5.11 Å². The molecule has 1 aromatic carbocycles. The van der Waals surface area contributed by atoms with Crippen molar-refractivity contribution in [2.75, 3.05) is 0 Å². The lowest BCUT2D eigenvalue weighted by Gasteiger charge is -2.04. The number of benzene rings is 1. The SMILES string of the molecule is CCCCCCc1ccc(-c2ccc(O)cn2)cc1. The quantitative estimate of drug-likeness (QED) is 0.766. The van der Waals surface area contributed by atoms with Crippen LogP contribution < -0.4 is 0 Å². The van der Waals surface area contributed by atoms with E-state index < -0.39 is 0 Å². The van der Waals surface area contributed by atoms with Crippen molar-refractivity contribution >= 4 is 0 Å². The summed E-state index contributed by atoms with van der Waals surface area (Å²) in [5, 5.41) is 9.23. The molecule has 19 heavy (non-hydrogen) atoms. The van der Waals surface area contributed by atoms with Crippen molar-refractivity contribution in [2.24, 2.45) is 0 Å². The normalized spacial score (nSPS) is 10.6. The maximum absolute atomic E-state index is 9.23. The van der Waals surface area contributed by atoms with Crippen molar-refractivity contribution in [2.45, 2.75) is 39.0 Å². The van der Waals surface area contributed by atoms with Crippen molar-refractivity contribution in [3.63, 3.8) is 0 Å². The van der Waals surface area contributed by atoms with E-state index >= 15 is 0 Å². The zero-order chi connectivity index (χ0) is 13.5. The van der Waals surface area contributed by atoms with E-state index in [2.05, 4.69) is 36.2 Å². The smallest absolute Gasteiger partial charge is 0.133 e. The second-order valence-electron chi connectivity index (χ2n) is 4.91. The van der Waals surface area contributed by atoms with Gasteiger partial charge in [0.25, 0.3) is 0 Å². The van der Waals surface area contributed by atoms with E-state index in [1.54, 1.807) is 6.07 Å². The molecule has 0 atom stereocenters. The minimum atomic E-state index is 0.205. The molecule has 0 aliphatic rings. The van der Waals surface area contributed by atoms with Gasteiger partial charge >= 0.3 is 0 Å². The molecule has 100 valence electrons. The highest BCUT2D eigenvalue weighted by Crippen LogP contribution is 2.20. The van der Waals surface area contributed by atoms with Crippen LogP contribution >= 0.6 is 0 Å². The molecule has 2 aromatic rings. The third-order valence-electron chi connectivity index (χ3n) is 3.32. The number of hydrogen-bond acceptors (Lipinski definition) is 2. The highest BCUT2D eigenvalue weighted by Gasteiger charge is 2.00. The van der Waals surface area contributed by atoms with Crippen LogP contribution in [0, 0.1) is 0 Å². The Balaban J connectivity index is 1.96. The lowest BCUT2D eigenvalue weighted by molar-refractivity contribution is 0.473. The van der Waals surface area contributed by atoms with Crippen LogP contribution in [-0.2, 0) is 6.42 Å². The summed E-state index contributed by atoms with van der Waals surface area (Å²) in [6.45, 7) is 2.24. The molecule has 0 radical (unpaired) electrons. The van der Waals surface area contributed by atoms with E-state index in [9.17, 15) is 5.11 Å². The topological polar surface area (TPSA) is 33.1 Å². The Morgan fingerprint density at radius 3 is 2.37 bits per heavy atom. The predicted molar refractivity (Wildman–Crippen MR) is 79.2 cm³/mol. The van der Waals surface area contributed by atoms with Gasteiger partial charge in [0, 0.05) is 5.56 Å². The van der Waals surface area contributed by atoms with Crippen LogP contribution in [0.3, 0.4) is 0 Å². The summed E-state index contributed by atoms with van der Waals surface area (Å²) >= 11 is 0. The van der Waals surface area contributed by atoms with E-state index in [1.807, 2.05) is 6.07 Å². The van der Waals surface area contributed by atoms with Gasteiger partial charge in [-0.25, -0.2) is 0 Å². The van der Waals surface area contributed by atoms with Crippen LogP contribution in [0.5, 0.6) is 5.75 Å². The van der Waals surface area contributed by atoms with Gasteiger partial charge in [-0.3, -0.25) is 4.98 Å². The maximum Gasteiger partial charge on any atom is 0.133 e. The molecule has 0 aliphatic carbocycles. The molecule has 0 saturated carbocycles. The fourth-order valence-corrected chi connectivity index (χ4v) is 2.15. The molecule has 0 saturated heterocycles. The highest BCUT2D eigenvalue weighted by molar-refractivity contribution is 5.59. The molecule has 0 aliphatic heterocycles. The van der Waals surface area contributed by atoms with Crippen LogP contribution in [0.25, 0.3) is 11.3 Å². The third kappa shape index (κ3) is 4.09. The number of unbranched alkanes of at least 4 members (excludes halogenated alkanes) is 3. The fraction of sp³-hybridized carbons (Fsp3) is 0.353. The van der Waals surface area contributed by atoms with Gasteiger partial charge in [0.15, 0.2) is 0 Å². The largest absolute Gasteiger partial charge is 0.506 e.